The van der Waals surface area contributed by atoms with Crippen molar-refractivity contribution in [3.8, 4) is 0 Å². The van der Waals surface area contributed by atoms with E-state index in [0.717, 1.165) is 28.9 Å². The number of allylic oxidation sites excluding steroid dienone is 1. The number of nitrogen functional groups attached to an aromatic ring is 1. The SMILES string of the molecule is Cn1cnc(C[C@@H](CO)NCC2=CCc3c(N)ncnc32)c1. The van der Waals surface area contributed by atoms with Crippen molar-refractivity contribution in [3.63, 3.8) is 0 Å². The van der Waals surface area contributed by atoms with Gasteiger partial charge >= 0.3 is 0 Å². The molecule has 0 radical (unpaired) electrons. The number of aryl methyl sites for hydroxylation is 1. The number of nitrogens with two attached hydrogens (primary N) is 1. The molecule has 1 atom stereocenters. The van der Waals surface area contributed by atoms with Crippen molar-refractivity contribution in [2.45, 2.75) is 18.9 Å². The Morgan fingerprint density at radius 1 is 1.41 bits per heavy atom. The van der Waals surface area contributed by atoms with Crippen LogP contribution in [0.15, 0.2) is 24.9 Å². The first kappa shape index (κ1) is 14.7. The van der Waals surface area contributed by atoms with E-state index in [0.29, 0.717) is 18.8 Å². The van der Waals surface area contributed by atoms with Crippen LogP contribution in [-0.4, -0.2) is 43.8 Å². The summed E-state index contributed by atoms with van der Waals surface area (Å²) in [5.41, 5.74) is 9.83. The molecule has 22 heavy (non-hydrogen) atoms. The Morgan fingerprint density at radius 2 is 2.27 bits per heavy atom. The van der Waals surface area contributed by atoms with Gasteiger partial charge in [0.15, 0.2) is 0 Å². The minimum Gasteiger partial charge on any atom is -0.395 e. The number of nitrogens with zero attached hydrogens (tertiary/aromatic N) is 4. The van der Waals surface area contributed by atoms with Crippen LogP contribution in [0.2, 0.25) is 0 Å². The standard InChI is InChI=1S/C15H20N6O/c1-21-6-11(20-9-21)4-12(7-22)17-5-10-2-3-13-14(10)18-8-19-15(13)16/h2,6,8-9,12,17,22H,3-5,7H2,1H3,(H2,16,18,19)/t12-/m0/s1. The lowest BCUT2D eigenvalue weighted by Crippen LogP contribution is -2.35. The van der Waals surface area contributed by atoms with Gasteiger partial charge in [0.25, 0.3) is 0 Å². The number of fused-ring (bicyclic) bond motifs is 1. The zero-order valence-corrected chi connectivity index (χ0v) is 12.5. The first-order valence-electron chi connectivity index (χ1n) is 7.27. The van der Waals surface area contributed by atoms with Crippen molar-refractivity contribution < 1.29 is 5.11 Å². The molecule has 2 aromatic rings. The number of rotatable bonds is 6. The van der Waals surface area contributed by atoms with Gasteiger partial charge < -0.3 is 20.7 Å². The van der Waals surface area contributed by atoms with Crippen molar-refractivity contribution in [1.29, 1.82) is 0 Å². The molecule has 0 saturated heterocycles. The van der Waals surface area contributed by atoms with E-state index in [9.17, 15) is 5.11 Å². The van der Waals surface area contributed by atoms with Gasteiger partial charge in [0, 0.05) is 37.8 Å². The predicted molar refractivity (Wildman–Crippen MR) is 83.9 cm³/mol. The molecule has 0 amide bonds. The molecule has 0 fully saturated rings. The summed E-state index contributed by atoms with van der Waals surface area (Å²) >= 11 is 0. The van der Waals surface area contributed by atoms with Crippen LogP contribution < -0.4 is 11.1 Å². The van der Waals surface area contributed by atoms with E-state index >= 15 is 0 Å². The normalized spacial score (nSPS) is 14.7. The highest BCUT2D eigenvalue weighted by Gasteiger charge is 2.19. The fraction of sp³-hybridized carbons (Fsp3) is 0.400. The highest BCUT2D eigenvalue weighted by atomic mass is 16.3. The molecule has 0 unspecified atom stereocenters. The molecular formula is C15H20N6O. The van der Waals surface area contributed by atoms with Crippen molar-refractivity contribution in [1.82, 2.24) is 24.8 Å². The summed E-state index contributed by atoms with van der Waals surface area (Å²) in [5, 5.41) is 12.9. The van der Waals surface area contributed by atoms with Gasteiger partial charge in [-0.25, -0.2) is 15.0 Å². The van der Waals surface area contributed by atoms with Gasteiger partial charge in [-0.1, -0.05) is 6.08 Å². The van der Waals surface area contributed by atoms with Crippen LogP contribution in [0, 0.1) is 0 Å². The number of anilines is 1. The summed E-state index contributed by atoms with van der Waals surface area (Å²) in [4.78, 5) is 12.6. The molecule has 0 aliphatic heterocycles. The molecule has 7 nitrogen and oxygen atoms in total. The van der Waals surface area contributed by atoms with Crippen molar-refractivity contribution >= 4 is 11.4 Å². The van der Waals surface area contributed by atoms with Crippen LogP contribution in [-0.2, 0) is 19.9 Å². The molecule has 1 aliphatic rings. The highest BCUT2D eigenvalue weighted by molar-refractivity contribution is 5.74. The molecule has 0 bridgehead atoms. The Hall–Kier alpha value is -2.25. The number of hydrogen-bond donors (Lipinski definition) is 3. The van der Waals surface area contributed by atoms with E-state index in [1.165, 1.54) is 6.33 Å². The minimum absolute atomic E-state index is 0.0426. The largest absolute Gasteiger partial charge is 0.395 e. The Kier molecular flexibility index (Phi) is 4.17. The summed E-state index contributed by atoms with van der Waals surface area (Å²) in [5.74, 6) is 0.545. The molecule has 0 spiro atoms. The molecule has 7 heteroatoms. The van der Waals surface area contributed by atoms with E-state index < -0.39 is 0 Å². The maximum absolute atomic E-state index is 9.55. The maximum Gasteiger partial charge on any atom is 0.130 e. The van der Waals surface area contributed by atoms with Gasteiger partial charge in [0.05, 0.1) is 24.3 Å². The van der Waals surface area contributed by atoms with Crippen molar-refractivity contribution in [3.05, 3.63) is 41.9 Å². The number of nitrogens with one attached hydrogen (secondary N) is 1. The third kappa shape index (κ3) is 3.00. The van der Waals surface area contributed by atoms with Crippen LogP contribution in [0.5, 0.6) is 0 Å². The number of aliphatic hydroxyl groups is 1. The Morgan fingerprint density at radius 3 is 3.00 bits per heavy atom. The average molecular weight is 300 g/mol. The van der Waals surface area contributed by atoms with Crippen molar-refractivity contribution in [2.24, 2.45) is 7.05 Å². The van der Waals surface area contributed by atoms with E-state index in [1.54, 1.807) is 6.33 Å². The van der Waals surface area contributed by atoms with Crippen LogP contribution in [0.25, 0.3) is 5.57 Å². The zero-order valence-electron chi connectivity index (χ0n) is 12.5. The summed E-state index contributed by atoms with van der Waals surface area (Å²) in [7, 11) is 1.93. The van der Waals surface area contributed by atoms with E-state index in [-0.39, 0.29) is 12.6 Å². The summed E-state index contributed by atoms with van der Waals surface area (Å²) in [6.45, 7) is 0.699. The lowest BCUT2D eigenvalue weighted by molar-refractivity contribution is 0.245. The molecule has 0 saturated carbocycles. The second kappa shape index (κ2) is 6.25. The topological polar surface area (TPSA) is 102 Å². The lowest BCUT2D eigenvalue weighted by atomic mass is 10.1. The minimum atomic E-state index is -0.0426. The average Bonchev–Trinajstić information content (AvgIpc) is 3.11. The molecule has 1 aliphatic carbocycles. The van der Waals surface area contributed by atoms with Crippen molar-refractivity contribution in [2.75, 3.05) is 18.9 Å². The Labute approximate surface area is 128 Å². The van der Waals surface area contributed by atoms with E-state index in [4.69, 9.17) is 5.73 Å². The third-order valence-corrected chi connectivity index (χ3v) is 3.85. The zero-order chi connectivity index (χ0) is 15.5. The lowest BCUT2D eigenvalue weighted by Gasteiger charge is -2.16. The Bertz CT molecular complexity index is 693. The number of imidazole rings is 1. The third-order valence-electron chi connectivity index (χ3n) is 3.85. The van der Waals surface area contributed by atoms with E-state index in [1.807, 2.05) is 17.8 Å². The van der Waals surface area contributed by atoms with Gasteiger partial charge in [-0.2, -0.15) is 0 Å². The number of aliphatic hydroxyl groups excluding tert-OH is 1. The molecule has 4 N–H and O–H groups in total. The highest BCUT2D eigenvalue weighted by Crippen LogP contribution is 2.27. The molecule has 3 rings (SSSR count). The van der Waals surface area contributed by atoms with E-state index in [2.05, 4.69) is 26.3 Å². The summed E-state index contributed by atoms with van der Waals surface area (Å²) in [6.07, 6.45) is 8.77. The molecule has 2 aromatic heterocycles. The monoisotopic (exact) mass is 300 g/mol. The van der Waals surface area contributed by atoms with Gasteiger partial charge in [0.1, 0.15) is 12.1 Å². The molecule has 2 heterocycles. The fourth-order valence-corrected chi connectivity index (χ4v) is 2.66. The summed E-state index contributed by atoms with van der Waals surface area (Å²) < 4.78 is 1.90. The van der Waals surface area contributed by atoms with Crippen LogP contribution in [0.1, 0.15) is 17.0 Å². The molecular weight excluding hydrogens is 280 g/mol. The summed E-state index contributed by atoms with van der Waals surface area (Å²) in [6, 6.07) is -0.0426. The molecule has 116 valence electrons. The van der Waals surface area contributed by atoms with Gasteiger partial charge in [0.2, 0.25) is 0 Å². The quantitative estimate of drug-likeness (QED) is 0.690. The smallest absolute Gasteiger partial charge is 0.130 e. The fourth-order valence-electron chi connectivity index (χ4n) is 2.66. The van der Waals surface area contributed by atoms with Crippen LogP contribution >= 0.6 is 0 Å². The van der Waals surface area contributed by atoms with Crippen LogP contribution in [0.3, 0.4) is 0 Å². The molecule has 0 aromatic carbocycles. The second-order valence-corrected chi connectivity index (χ2v) is 5.51. The van der Waals surface area contributed by atoms with Crippen LogP contribution in [0.4, 0.5) is 5.82 Å². The van der Waals surface area contributed by atoms with Gasteiger partial charge in [-0.05, 0) is 12.0 Å². The first-order valence-corrected chi connectivity index (χ1v) is 7.27. The Balaban J connectivity index is 1.62. The van der Waals surface area contributed by atoms with Gasteiger partial charge in [-0.3, -0.25) is 0 Å². The first-order chi connectivity index (χ1) is 10.7. The maximum atomic E-state index is 9.55. The number of aromatic nitrogens is 4. The predicted octanol–water partition coefficient (Wildman–Crippen LogP) is -0.0750. The number of hydrogen-bond acceptors (Lipinski definition) is 6. The second-order valence-electron chi connectivity index (χ2n) is 5.51. The van der Waals surface area contributed by atoms with Gasteiger partial charge in [-0.15, -0.1) is 0 Å².